The van der Waals surface area contributed by atoms with E-state index >= 15 is 0 Å². The Kier molecular flexibility index (Phi) is 5.82. The summed E-state index contributed by atoms with van der Waals surface area (Å²) in [5, 5.41) is 7.76. The van der Waals surface area contributed by atoms with Crippen molar-refractivity contribution in [1.82, 2.24) is 30.2 Å². The highest BCUT2D eigenvalue weighted by atomic mass is 35.5. The molecule has 2 aliphatic rings. The SMILES string of the molecule is CC1(NC(=O)N2CCCC2)CCCC(Nc2nc(-c3c[nH]c4ncc(Cl)cc34)ncc2F)C1. The lowest BCUT2D eigenvalue weighted by atomic mass is 9.80. The molecule has 3 aromatic heterocycles. The number of aromatic nitrogens is 4. The standard InChI is InChI=1S/C23H27ClFN7O/c1-23(31-22(33)32-7-2-3-8-32)6-4-5-15(10-23)29-21-18(25)13-28-20(30-21)17-12-27-19-16(17)9-14(24)11-26-19/h9,11-13,15H,2-8,10H2,1H3,(H,26,27)(H,31,33)(H,28,29,30). The van der Waals surface area contributed by atoms with Crippen LogP contribution in [0.3, 0.4) is 0 Å². The maximum atomic E-state index is 14.6. The highest BCUT2D eigenvalue weighted by Crippen LogP contribution is 2.32. The fraction of sp³-hybridized carbons (Fsp3) is 0.478. The van der Waals surface area contributed by atoms with Crippen molar-refractivity contribution in [2.75, 3.05) is 18.4 Å². The predicted molar refractivity (Wildman–Crippen MR) is 126 cm³/mol. The van der Waals surface area contributed by atoms with E-state index in [-0.39, 0.29) is 23.4 Å². The molecule has 1 saturated carbocycles. The second-order valence-electron chi connectivity index (χ2n) is 9.26. The van der Waals surface area contributed by atoms with E-state index in [1.54, 1.807) is 18.5 Å². The minimum Gasteiger partial charge on any atom is -0.365 e. The molecule has 0 bridgehead atoms. The number of anilines is 1. The molecular weight excluding hydrogens is 445 g/mol. The summed E-state index contributed by atoms with van der Waals surface area (Å²) in [6.45, 7) is 3.69. The largest absolute Gasteiger partial charge is 0.365 e. The zero-order chi connectivity index (χ0) is 23.0. The van der Waals surface area contributed by atoms with Gasteiger partial charge in [-0.15, -0.1) is 0 Å². The molecule has 1 aliphatic carbocycles. The molecule has 2 amide bonds. The molecule has 0 spiro atoms. The van der Waals surface area contributed by atoms with Gasteiger partial charge in [0.2, 0.25) is 0 Å². The molecule has 2 unspecified atom stereocenters. The number of H-pyrrole nitrogens is 1. The number of fused-ring (bicyclic) bond motifs is 1. The normalized spacial score (nSPS) is 23.1. The number of hydrogen-bond donors (Lipinski definition) is 3. The Labute approximate surface area is 196 Å². The second-order valence-corrected chi connectivity index (χ2v) is 9.70. The lowest BCUT2D eigenvalue weighted by molar-refractivity contribution is 0.179. The Morgan fingerprint density at radius 1 is 1.27 bits per heavy atom. The third-order valence-corrected chi connectivity index (χ3v) is 6.81. The molecule has 3 aromatic rings. The van der Waals surface area contributed by atoms with Gasteiger partial charge < -0.3 is 20.5 Å². The Morgan fingerprint density at radius 3 is 2.91 bits per heavy atom. The van der Waals surface area contributed by atoms with Crippen molar-refractivity contribution in [2.24, 2.45) is 0 Å². The summed E-state index contributed by atoms with van der Waals surface area (Å²) in [5.41, 5.74) is 1.02. The summed E-state index contributed by atoms with van der Waals surface area (Å²) in [5.74, 6) is 0.0303. The van der Waals surface area contributed by atoms with Gasteiger partial charge >= 0.3 is 6.03 Å². The number of nitrogens with one attached hydrogen (secondary N) is 3. The van der Waals surface area contributed by atoms with Crippen LogP contribution in [0.2, 0.25) is 5.02 Å². The number of amides is 2. The molecule has 4 heterocycles. The third kappa shape index (κ3) is 4.59. The van der Waals surface area contributed by atoms with E-state index in [0.717, 1.165) is 50.6 Å². The summed E-state index contributed by atoms with van der Waals surface area (Å²) in [7, 11) is 0. The van der Waals surface area contributed by atoms with Gasteiger partial charge in [-0.1, -0.05) is 11.6 Å². The Morgan fingerprint density at radius 2 is 2.09 bits per heavy atom. The zero-order valence-corrected chi connectivity index (χ0v) is 19.3. The van der Waals surface area contributed by atoms with Crippen LogP contribution in [-0.2, 0) is 0 Å². The molecule has 3 N–H and O–H groups in total. The van der Waals surface area contributed by atoms with E-state index in [9.17, 15) is 9.18 Å². The third-order valence-electron chi connectivity index (χ3n) is 6.60. The Balaban J connectivity index is 1.33. The van der Waals surface area contributed by atoms with Gasteiger partial charge in [-0.25, -0.2) is 24.1 Å². The van der Waals surface area contributed by atoms with Crippen LogP contribution in [0, 0.1) is 5.82 Å². The molecular formula is C23H27ClFN7O. The van der Waals surface area contributed by atoms with E-state index in [1.807, 2.05) is 4.90 Å². The van der Waals surface area contributed by atoms with Gasteiger partial charge in [-0.2, -0.15) is 0 Å². The number of urea groups is 1. The summed E-state index contributed by atoms with van der Waals surface area (Å²) in [4.78, 5) is 30.5. The first kappa shape index (κ1) is 21.9. The molecule has 174 valence electrons. The Bertz CT molecular complexity index is 1180. The van der Waals surface area contributed by atoms with Gasteiger partial charge in [0.1, 0.15) is 5.65 Å². The first-order valence-electron chi connectivity index (χ1n) is 11.4. The fourth-order valence-electron chi connectivity index (χ4n) is 4.94. The number of rotatable bonds is 4. The van der Waals surface area contributed by atoms with Crippen LogP contribution in [0.1, 0.15) is 45.4 Å². The number of halogens is 2. The fourth-order valence-corrected chi connectivity index (χ4v) is 5.09. The number of likely N-dealkylation sites (tertiary alicyclic amines) is 1. The van der Waals surface area contributed by atoms with Crippen LogP contribution in [0.5, 0.6) is 0 Å². The van der Waals surface area contributed by atoms with Crippen molar-refractivity contribution >= 4 is 34.5 Å². The molecule has 0 radical (unpaired) electrons. The number of nitrogens with zero attached hydrogens (tertiary/aromatic N) is 4. The highest BCUT2D eigenvalue weighted by Gasteiger charge is 2.35. The van der Waals surface area contributed by atoms with Crippen LogP contribution >= 0.6 is 11.6 Å². The molecule has 1 aliphatic heterocycles. The number of aromatic amines is 1. The average Bonchev–Trinajstić information content (AvgIpc) is 3.45. The summed E-state index contributed by atoms with van der Waals surface area (Å²) >= 11 is 6.10. The van der Waals surface area contributed by atoms with Crippen molar-refractivity contribution in [3.63, 3.8) is 0 Å². The Hall–Kier alpha value is -2.94. The van der Waals surface area contributed by atoms with E-state index in [1.165, 1.54) is 6.20 Å². The van der Waals surface area contributed by atoms with Crippen molar-refractivity contribution in [3.05, 3.63) is 35.5 Å². The smallest absolute Gasteiger partial charge is 0.317 e. The first-order chi connectivity index (χ1) is 15.9. The molecule has 0 aromatic carbocycles. The van der Waals surface area contributed by atoms with E-state index in [2.05, 4.69) is 37.5 Å². The van der Waals surface area contributed by atoms with E-state index in [4.69, 9.17) is 11.6 Å². The van der Waals surface area contributed by atoms with Gasteiger partial charge in [0.25, 0.3) is 0 Å². The molecule has 2 atom stereocenters. The van der Waals surface area contributed by atoms with Crippen molar-refractivity contribution < 1.29 is 9.18 Å². The molecule has 33 heavy (non-hydrogen) atoms. The minimum atomic E-state index is -0.511. The molecule has 2 fully saturated rings. The summed E-state index contributed by atoms with van der Waals surface area (Å²) < 4.78 is 14.6. The molecule has 10 heteroatoms. The van der Waals surface area contributed by atoms with Crippen LogP contribution in [0.25, 0.3) is 22.4 Å². The van der Waals surface area contributed by atoms with Gasteiger partial charge in [-0.05, 0) is 51.5 Å². The summed E-state index contributed by atoms with van der Waals surface area (Å²) in [6.07, 6.45) is 10.00. The van der Waals surface area contributed by atoms with Crippen molar-refractivity contribution in [2.45, 2.75) is 57.0 Å². The zero-order valence-electron chi connectivity index (χ0n) is 18.5. The first-order valence-corrected chi connectivity index (χ1v) is 11.8. The van der Waals surface area contributed by atoms with E-state index in [0.29, 0.717) is 28.5 Å². The van der Waals surface area contributed by atoms with Gasteiger partial charge in [0.05, 0.1) is 11.2 Å². The number of carbonyl (C=O) groups is 1. The van der Waals surface area contributed by atoms with Gasteiger partial charge in [-0.3, -0.25) is 0 Å². The van der Waals surface area contributed by atoms with Gasteiger partial charge in [0.15, 0.2) is 17.5 Å². The van der Waals surface area contributed by atoms with Crippen LogP contribution < -0.4 is 10.6 Å². The predicted octanol–water partition coefficient (Wildman–Crippen LogP) is 4.73. The number of carbonyl (C=O) groups excluding carboxylic acids is 1. The quantitative estimate of drug-likeness (QED) is 0.511. The van der Waals surface area contributed by atoms with Crippen LogP contribution in [0.15, 0.2) is 24.7 Å². The lowest BCUT2D eigenvalue weighted by Gasteiger charge is -2.40. The monoisotopic (exact) mass is 471 g/mol. The van der Waals surface area contributed by atoms with E-state index < -0.39 is 5.82 Å². The minimum absolute atomic E-state index is 0.00207. The maximum absolute atomic E-state index is 14.6. The van der Waals surface area contributed by atoms with Crippen LogP contribution in [0.4, 0.5) is 15.0 Å². The number of hydrogen-bond acceptors (Lipinski definition) is 5. The topological polar surface area (TPSA) is 98.8 Å². The second kappa shape index (κ2) is 8.78. The van der Waals surface area contributed by atoms with Crippen molar-refractivity contribution in [1.29, 1.82) is 0 Å². The van der Waals surface area contributed by atoms with Crippen LogP contribution in [-0.4, -0.2) is 55.5 Å². The number of pyridine rings is 1. The molecule has 5 rings (SSSR count). The summed E-state index contributed by atoms with van der Waals surface area (Å²) in [6, 6.07) is 1.77. The maximum Gasteiger partial charge on any atom is 0.317 e. The average molecular weight is 472 g/mol. The van der Waals surface area contributed by atoms with Crippen molar-refractivity contribution in [3.8, 4) is 11.4 Å². The molecule has 1 saturated heterocycles. The highest BCUT2D eigenvalue weighted by molar-refractivity contribution is 6.31. The lowest BCUT2D eigenvalue weighted by Crippen LogP contribution is -2.54. The molecule has 8 nitrogen and oxygen atoms in total. The van der Waals surface area contributed by atoms with Gasteiger partial charge in [0, 0.05) is 48.0 Å².